The number of para-hydroxylation sites is 1. The molecule has 5 nitrogen and oxygen atoms in total. The number of ether oxygens (including phenoxy) is 1. The first kappa shape index (κ1) is 15.5. The highest BCUT2D eigenvalue weighted by Crippen LogP contribution is 2.25. The van der Waals surface area contributed by atoms with Gasteiger partial charge in [0.15, 0.2) is 0 Å². The quantitative estimate of drug-likeness (QED) is 0.815. The van der Waals surface area contributed by atoms with Crippen molar-refractivity contribution in [3.05, 3.63) is 29.8 Å². The number of methoxy groups -OCH3 is 1. The van der Waals surface area contributed by atoms with Crippen LogP contribution in [0.2, 0.25) is 0 Å². The number of rotatable bonds is 6. The smallest absolute Gasteiger partial charge is 0.254 e. The summed E-state index contributed by atoms with van der Waals surface area (Å²) < 4.78 is 5.04. The minimum Gasteiger partial charge on any atom is -0.385 e. The van der Waals surface area contributed by atoms with Crippen LogP contribution in [0.1, 0.15) is 36.5 Å². The predicted molar refractivity (Wildman–Crippen MR) is 81.5 cm³/mol. The summed E-state index contributed by atoms with van der Waals surface area (Å²) in [4.78, 5) is 26.6. The topological polar surface area (TPSA) is 58.6 Å². The van der Waals surface area contributed by atoms with Crippen molar-refractivity contribution < 1.29 is 14.3 Å². The Hall–Kier alpha value is -1.88. The van der Waals surface area contributed by atoms with Crippen molar-refractivity contribution >= 4 is 17.5 Å². The molecule has 0 aliphatic carbocycles. The van der Waals surface area contributed by atoms with Crippen LogP contribution in [0.4, 0.5) is 5.69 Å². The molecule has 1 aliphatic rings. The number of benzene rings is 1. The molecule has 0 fully saturated rings. The molecule has 5 heteroatoms. The van der Waals surface area contributed by atoms with Gasteiger partial charge >= 0.3 is 0 Å². The molecule has 1 aromatic rings. The highest BCUT2D eigenvalue weighted by atomic mass is 16.5. The highest BCUT2D eigenvalue weighted by Gasteiger charge is 2.31. The number of carbonyl (C=O) groups is 2. The van der Waals surface area contributed by atoms with Gasteiger partial charge in [-0.2, -0.15) is 0 Å². The Kier molecular flexibility index (Phi) is 5.33. The third kappa shape index (κ3) is 3.42. The van der Waals surface area contributed by atoms with Gasteiger partial charge in [0.2, 0.25) is 5.91 Å². The molecule has 0 bridgehead atoms. The molecule has 114 valence electrons. The largest absolute Gasteiger partial charge is 0.385 e. The molecule has 2 amide bonds. The van der Waals surface area contributed by atoms with Gasteiger partial charge in [-0.05, 0) is 31.4 Å². The monoisotopic (exact) mass is 290 g/mol. The van der Waals surface area contributed by atoms with Crippen LogP contribution in [0.5, 0.6) is 0 Å². The molecule has 2 rings (SSSR count). The van der Waals surface area contributed by atoms with Gasteiger partial charge in [0.25, 0.3) is 5.91 Å². The Morgan fingerprint density at radius 2 is 2.00 bits per heavy atom. The van der Waals surface area contributed by atoms with Crippen molar-refractivity contribution in [2.75, 3.05) is 25.2 Å². The van der Waals surface area contributed by atoms with E-state index in [0.29, 0.717) is 30.8 Å². The number of carbonyl (C=O) groups excluding carboxylic acids is 2. The van der Waals surface area contributed by atoms with Crippen LogP contribution < -0.4 is 10.2 Å². The van der Waals surface area contributed by atoms with E-state index in [1.807, 2.05) is 25.1 Å². The van der Waals surface area contributed by atoms with Gasteiger partial charge in [-0.25, -0.2) is 0 Å². The second kappa shape index (κ2) is 7.22. The Morgan fingerprint density at radius 1 is 1.24 bits per heavy atom. The van der Waals surface area contributed by atoms with Gasteiger partial charge in [0.1, 0.15) is 6.04 Å². The molecular formula is C16H22N2O3. The fraction of sp³-hybridized carbons (Fsp3) is 0.500. The maximum atomic E-state index is 12.6. The van der Waals surface area contributed by atoms with Crippen molar-refractivity contribution in [1.29, 1.82) is 0 Å². The molecule has 0 radical (unpaired) electrons. The standard InChI is InChI=1S/C16H22N2O3/c1-3-13-16(20)18(10-6-7-11-21-2)14-9-5-4-8-12(14)15(19)17-13/h4-5,8-9,13H,3,6-7,10-11H2,1-2H3,(H,17,19). The number of hydrogen-bond donors (Lipinski definition) is 1. The van der Waals surface area contributed by atoms with Crippen LogP contribution in [-0.2, 0) is 9.53 Å². The number of amides is 2. The molecule has 21 heavy (non-hydrogen) atoms. The molecule has 1 aromatic carbocycles. The molecule has 0 spiro atoms. The SMILES string of the molecule is CCC1NC(=O)c2ccccc2N(CCCCOC)C1=O. The van der Waals surface area contributed by atoms with E-state index in [9.17, 15) is 9.59 Å². The molecule has 0 aromatic heterocycles. The minimum atomic E-state index is -0.452. The normalized spacial score (nSPS) is 18.2. The van der Waals surface area contributed by atoms with Crippen molar-refractivity contribution in [3.63, 3.8) is 0 Å². The van der Waals surface area contributed by atoms with Crippen molar-refractivity contribution in [2.45, 2.75) is 32.2 Å². The van der Waals surface area contributed by atoms with Gasteiger partial charge < -0.3 is 15.0 Å². The summed E-state index contributed by atoms with van der Waals surface area (Å²) in [6.07, 6.45) is 2.33. The van der Waals surface area contributed by atoms with E-state index in [1.165, 1.54) is 0 Å². The van der Waals surface area contributed by atoms with Crippen LogP contribution >= 0.6 is 0 Å². The van der Waals surface area contributed by atoms with Crippen LogP contribution in [0.25, 0.3) is 0 Å². The van der Waals surface area contributed by atoms with E-state index in [-0.39, 0.29) is 11.8 Å². The molecule has 1 heterocycles. The van der Waals surface area contributed by atoms with Gasteiger partial charge in [-0.15, -0.1) is 0 Å². The third-order valence-corrected chi connectivity index (χ3v) is 3.70. The minimum absolute atomic E-state index is 0.0341. The Bertz CT molecular complexity index is 516. The molecule has 0 saturated heterocycles. The Morgan fingerprint density at radius 3 is 2.71 bits per heavy atom. The molecule has 1 unspecified atom stereocenters. The first-order valence-corrected chi connectivity index (χ1v) is 7.39. The zero-order valence-electron chi connectivity index (χ0n) is 12.6. The second-order valence-corrected chi connectivity index (χ2v) is 5.14. The van der Waals surface area contributed by atoms with Crippen LogP contribution in [0.15, 0.2) is 24.3 Å². The number of anilines is 1. The van der Waals surface area contributed by atoms with Crippen molar-refractivity contribution in [3.8, 4) is 0 Å². The third-order valence-electron chi connectivity index (χ3n) is 3.70. The van der Waals surface area contributed by atoms with Gasteiger partial charge in [0, 0.05) is 20.3 Å². The fourth-order valence-electron chi connectivity index (χ4n) is 2.53. The van der Waals surface area contributed by atoms with Crippen LogP contribution in [0.3, 0.4) is 0 Å². The molecule has 0 saturated carbocycles. The summed E-state index contributed by atoms with van der Waals surface area (Å²) in [5, 5.41) is 2.81. The Balaban J connectivity index is 2.26. The zero-order chi connectivity index (χ0) is 15.2. The van der Waals surface area contributed by atoms with E-state index in [1.54, 1.807) is 18.1 Å². The molecular weight excluding hydrogens is 268 g/mol. The average Bonchev–Trinajstić information content (AvgIpc) is 2.61. The summed E-state index contributed by atoms with van der Waals surface area (Å²) in [5.74, 6) is -0.210. The first-order chi connectivity index (χ1) is 10.2. The maximum Gasteiger partial charge on any atom is 0.254 e. The molecule has 1 aliphatic heterocycles. The lowest BCUT2D eigenvalue weighted by Crippen LogP contribution is -2.45. The highest BCUT2D eigenvalue weighted by molar-refractivity contribution is 6.10. The van der Waals surface area contributed by atoms with E-state index >= 15 is 0 Å². The van der Waals surface area contributed by atoms with Gasteiger partial charge in [0.05, 0.1) is 11.3 Å². The lowest BCUT2D eigenvalue weighted by atomic mass is 10.1. The lowest BCUT2D eigenvalue weighted by Gasteiger charge is -2.24. The van der Waals surface area contributed by atoms with E-state index in [0.717, 1.165) is 12.8 Å². The fourth-order valence-corrected chi connectivity index (χ4v) is 2.53. The Labute approximate surface area is 125 Å². The molecule has 1 N–H and O–H groups in total. The summed E-state index contributed by atoms with van der Waals surface area (Å²) in [6.45, 7) is 3.19. The summed E-state index contributed by atoms with van der Waals surface area (Å²) >= 11 is 0. The number of unbranched alkanes of at least 4 members (excludes halogenated alkanes) is 1. The molecule has 1 atom stereocenters. The maximum absolute atomic E-state index is 12.6. The lowest BCUT2D eigenvalue weighted by molar-refractivity contribution is -0.120. The van der Waals surface area contributed by atoms with E-state index in [4.69, 9.17) is 4.74 Å². The summed E-state index contributed by atoms with van der Waals surface area (Å²) in [7, 11) is 1.67. The van der Waals surface area contributed by atoms with E-state index in [2.05, 4.69) is 5.32 Å². The summed E-state index contributed by atoms with van der Waals surface area (Å²) in [5.41, 5.74) is 1.27. The number of hydrogen-bond acceptors (Lipinski definition) is 3. The zero-order valence-corrected chi connectivity index (χ0v) is 12.6. The van der Waals surface area contributed by atoms with E-state index < -0.39 is 6.04 Å². The van der Waals surface area contributed by atoms with Crippen molar-refractivity contribution in [2.24, 2.45) is 0 Å². The van der Waals surface area contributed by atoms with Crippen LogP contribution in [0, 0.1) is 0 Å². The second-order valence-electron chi connectivity index (χ2n) is 5.14. The average molecular weight is 290 g/mol. The number of nitrogens with zero attached hydrogens (tertiary/aromatic N) is 1. The predicted octanol–water partition coefficient (Wildman–Crippen LogP) is 1.97. The van der Waals surface area contributed by atoms with Gasteiger partial charge in [-0.1, -0.05) is 19.1 Å². The first-order valence-electron chi connectivity index (χ1n) is 7.39. The van der Waals surface area contributed by atoms with Crippen molar-refractivity contribution in [1.82, 2.24) is 5.32 Å². The van der Waals surface area contributed by atoms with Gasteiger partial charge in [-0.3, -0.25) is 9.59 Å². The number of nitrogens with one attached hydrogen (secondary N) is 1. The number of fused-ring (bicyclic) bond motifs is 1. The summed E-state index contributed by atoms with van der Waals surface area (Å²) in [6, 6.07) is 6.82. The van der Waals surface area contributed by atoms with Crippen LogP contribution in [-0.4, -0.2) is 38.1 Å².